The lowest BCUT2D eigenvalue weighted by molar-refractivity contribution is -0.139. The summed E-state index contributed by atoms with van der Waals surface area (Å²) in [6.45, 7) is 3.57. The van der Waals surface area contributed by atoms with Gasteiger partial charge in [0.15, 0.2) is 0 Å². The molecule has 0 bridgehead atoms. The second kappa shape index (κ2) is 7.80. The third kappa shape index (κ3) is 3.66. The number of rotatable bonds is 4. The maximum absolute atomic E-state index is 13.5. The van der Waals surface area contributed by atoms with E-state index < -0.39 is 23.9 Å². The molecule has 1 atom stereocenters. The number of benzene rings is 2. The highest BCUT2D eigenvalue weighted by atomic mass is 35.5. The highest BCUT2D eigenvalue weighted by Crippen LogP contribution is 2.35. The first kappa shape index (κ1) is 18.9. The summed E-state index contributed by atoms with van der Waals surface area (Å²) in [5, 5.41) is 2.71. The van der Waals surface area contributed by atoms with Gasteiger partial charge in [0.1, 0.15) is 5.82 Å². The van der Waals surface area contributed by atoms with Gasteiger partial charge in [-0.2, -0.15) is 0 Å². The summed E-state index contributed by atoms with van der Waals surface area (Å²) in [6.07, 6.45) is 0. The van der Waals surface area contributed by atoms with Crippen LogP contribution in [0.4, 0.5) is 14.9 Å². The number of halogens is 2. The standard InChI is InChI=1S/C20H18ClFN2O3/c1-3-27-19(25)17-12(2)24(14-9-10-16(22)15(21)11-14)20(26)23-18(17)13-7-5-4-6-8-13/h4-11,18H,3H2,1-2H3,(H,23,26). The Morgan fingerprint density at radius 2 is 1.96 bits per heavy atom. The smallest absolute Gasteiger partial charge is 0.338 e. The highest BCUT2D eigenvalue weighted by Gasteiger charge is 2.37. The molecule has 0 radical (unpaired) electrons. The van der Waals surface area contributed by atoms with Gasteiger partial charge in [0.05, 0.1) is 28.9 Å². The van der Waals surface area contributed by atoms with Crippen molar-refractivity contribution in [1.82, 2.24) is 5.32 Å². The van der Waals surface area contributed by atoms with Gasteiger partial charge < -0.3 is 10.1 Å². The molecular formula is C20H18ClFN2O3. The van der Waals surface area contributed by atoms with Crippen LogP contribution in [-0.2, 0) is 9.53 Å². The number of esters is 1. The first-order valence-corrected chi connectivity index (χ1v) is 8.80. The average Bonchev–Trinajstić information content (AvgIpc) is 2.65. The number of allylic oxidation sites excluding steroid dienone is 1. The molecule has 2 aromatic carbocycles. The minimum atomic E-state index is -0.648. The van der Waals surface area contributed by atoms with Crippen LogP contribution in [-0.4, -0.2) is 18.6 Å². The van der Waals surface area contributed by atoms with Crippen molar-refractivity contribution in [2.75, 3.05) is 11.5 Å². The fourth-order valence-electron chi connectivity index (χ4n) is 3.05. The van der Waals surface area contributed by atoms with Gasteiger partial charge in [-0.3, -0.25) is 4.90 Å². The topological polar surface area (TPSA) is 58.6 Å². The first-order valence-electron chi connectivity index (χ1n) is 8.42. The molecule has 2 aromatic rings. The van der Waals surface area contributed by atoms with Gasteiger partial charge in [-0.15, -0.1) is 0 Å². The summed E-state index contributed by atoms with van der Waals surface area (Å²) in [5.41, 5.74) is 1.81. The summed E-state index contributed by atoms with van der Waals surface area (Å²) >= 11 is 5.86. The number of ether oxygens (including phenoxy) is 1. The Morgan fingerprint density at radius 3 is 2.59 bits per heavy atom. The largest absolute Gasteiger partial charge is 0.463 e. The molecule has 1 aliphatic heterocycles. The summed E-state index contributed by atoms with van der Waals surface area (Å²) < 4.78 is 18.7. The van der Waals surface area contributed by atoms with Crippen LogP contribution in [0.25, 0.3) is 0 Å². The van der Waals surface area contributed by atoms with Gasteiger partial charge in [0, 0.05) is 5.70 Å². The lowest BCUT2D eigenvalue weighted by atomic mass is 9.94. The van der Waals surface area contributed by atoms with Crippen LogP contribution in [0, 0.1) is 5.82 Å². The van der Waals surface area contributed by atoms with E-state index in [-0.39, 0.29) is 11.6 Å². The van der Waals surface area contributed by atoms with Crippen molar-refractivity contribution >= 4 is 29.3 Å². The predicted octanol–water partition coefficient (Wildman–Crippen LogP) is 4.59. The Bertz CT molecular complexity index is 915. The molecular weight excluding hydrogens is 371 g/mol. The number of hydrogen-bond acceptors (Lipinski definition) is 3. The summed E-state index contributed by atoms with van der Waals surface area (Å²) in [6, 6.07) is 12.0. The zero-order valence-corrected chi connectivity index (χ0v) is 15.6. The molecule has 1 aliphatic rings. The van der Waals surface area contributed by atoms with Crippen LogP contribution < -0.4 is 10.2 Å². The van der Waals surface area contributed by atoms with E-state index in [1.54, 1.807) is 13.8 Å². The van der Waals surface area contributed by atoms with Crippen LogP contribution in [0.2, 0.25) is 5.02 Å². The molecule has 1 unspecified atom stereocenters. The Balaban J connectivity index is 2.13. The predicted molar refractivity (Wildman–Crippen MR) is 101 cm³/mol. The van der Waals surface area contributed by atoms with Crippen LogP contribution >= 0.6 is 11.6 Å². The molecule has 0 spiro atoms. The molecule has 0 saturated heterocycles. The van der Waals surface area contributed by atoms with Gasteiger partial charge in [-0.05, 0) is 37.6 Å². The molecule has 7 heteroatoms. The number of anilines is 1. The van der Waals surface area contributed by atoms with E-state index in [4.69, 9.17) is 16.3 Å². The van der Waals surface area contributed by atoms with Crippen molar-refractivity contribution in [3.8, 4) is 0 Å². The molecule has 27 heavy (non-hydrogen) atoms. The molecule has 0 aliphatic carbocycles. The number of amides is 2. The monoisotopic (exact) mass is 388 g/mol. The van der Waals surface area contributed by atoms with E-state index in [0.29, 0.717) is 17.0 Å². The van der Waals surface area contributed by atoms with Crippen molar-refractivity contribution in [2.24, 2.45) is 0 Å². The molecule has 0 fully saturated rings. The van der Waals surface area contributed by atoms with Crippen molar-refractivity contribution in [3.05, 3.63) is 76.2 Å². The zero-order valence-electron chi connectivity index (χ0n) is 14.8. The zero-order chi connectivity index (χ0) is 19.6. The quantitative estimate of drug-likeness (QED) is 0.779. The Labute approximate surface area is 161 Å². The number of nitrogens with zero attached hydrogens (tertiary/aromatic N) is 1. The number of urea groups is 1. The van der Waals surface area contributed by atoms with E-state index in [9.17, 15) is 14.0 Å². The highest BCUT2D eigenvalue weighted by molar-refractivity contribution is 6.31. The Kier molecular flexibility index (Phi) is 5.46. The lowest BCUT2D eigenvalue weighted by Gasteiger charge is -2.35. The minimum Gasteiger partial charge on any atom is -0.463 e. The van der Waals surface area contributed by atoms with Crippen LogP contribution in [0.3, 0.4) is 0 Å². The van der Waals surface area contributed by atoms with Gasteiger partial charge in [-0.25, -0.2) is 14.0 Å². The van der Waals surface area contributed by atoms with Gasteiger partial charge in [-0.1, -0.05) is 41.9 Å². The van der Waals surface area contributed by atoms with Crippen molar-refractivity contribution in [3.63, 3.8) is 0 Å². The van der Waals surface area contributed by atoms with Crippen molar-refractivity contribution in [1.29, 1.82) is 0 Å². The average molecular weight is 389 g/mol. The van der Waals surface area contributed by atoms with Crippen LogP contribution in [0.15, 0.2) is 59.8 Å². The van der Waals surface area contributed by atoms with Crippen LogP contribution in [0.1, 0.15) is 25.5 Å². The second-order valence-electron chi connectivity index (χ2n) is 5.95. The molecule has 140 valence electrons. The fraction of sp³-hybridized carbons (Fsp3) is 0.200. The lowest BCUT2D eigenvalue weighted by Crippen LogP contribution is -2.48. The number of carbonyl (C=O) groups is 2. The maximum atomic E-state index is 13.5. The van der Waals surface area contributed by atoms with Crippen LogP contribution in [0.5, 0.6) is 0 Å². The first-order chi connectivity index (χ1) is 12.9. The van der Waals surface area contributed by atoms with Crippen molar-refractivity contribution < 1.29 is 18.7 Å². The fourth-order valence-corrected chi connectivity index (χ4v) is 3.22. The molecule has 0 saturated carbocycles. The van der Waals surface area contributed by atoms with E-state index in [0.717, 1.165) is 5.56 Å². The van der Waals surface area contributed by atoms with E-state index in [2.05, 4.69) is 5.32 Å². The third-order valence-corrected chi connectivity index (χ3v) is 4.56. The SMILES string of the molecule is CCOC(=O)C1=C(C)N(c2ccc(F)c(Cl)c2)C(=O)NC1c1ccccc1. The third-order valence-electron chi connectivity index (χ3n) is 4.27. The Morgan fingerprint density at radius 1 is 1.26 bits per heavy atom. The number of hydrogen-bond donors (Lipinski definition) is 1. The summed E-state index contributed by atoms with van der Waals surface area (Å²) in [7, 11) is 0. The van der Waals surface area contributed by atoms with E-state index >= 15 is 0 Å². The summed E-state index contributed by atoms with van der Waals surface area (Å²) in [5.74, 6) is -1.12. The number of carbonyl (C=O) groups excluding carboxylic acids is 2. The van der Waals surface area contributed by atoms with E-state index in [1.165, 1.54) is 23.1 Å². The molecule has 1 N–H and O–H groups in total. The molecule has 1 heterocycles. The van der Waals surface area contributed by atoms with Gasteiger partial charge >= 0.3 is 12.0 Å². The van der Waals surface area contributed by atoms with Gasteiger partial charge in [0.25, 0.3) is 0 Å². The Hall–Kier alpha value is -2.86. The van der Waals surface area contributed by atoms with E-state index in [1.807, 2.05) is 30.3 Å². The molecule has 3 rings (SSSR count). The normalized spacial score (nSPS) is 17.0. The molecule has 2 amide bonds. The van der Waals surface area contributed by atoms with Crippen molar-refractivity contribution in [2.45, 2.75) is 19.9 Å². The summed E-state index contributed by atoms with van der Waals surface area (Å²) in [4.78, 5) is 26.7. The minimum absolute atomic E-state index is 0.115. The maximum Gasteiger partial charge on any atom is 0.338 e. The number of nitrogens with one attached hydrogen (secondary N) is 1. The second-order valence-corrected chi connectivity index (χ2v) is 6.35. The molecule has 5 nitrogen and oxygen atoms in total. The molecule has 0 aromatic heterocycles. The van der Waals surface area contributed by atoms with Gasteiger partial charge in [0.2, 0.25) is 0 Å².